The molecule has 0 saturated carbocycles. The van der Waals surface area contributed by atoms with Gasteiger partial charge in [-0.2, -0.15) is 8.42 Å². The van der Waals surface area contributed by atoms with E-state index in [9.17, 15) is 26.4 Å². The first-order chi connectivity index (χ1) is 17.5. The zero-order valence-electron chi connectivity index (χ0n) is 19.9. The van der Waals surface area contributed by atoms with Crippen molar-refractivity contribution in [1.29, 1.82) is 0 Å². The van der Waals surface area contributed by atoms with Crippen molar-refractivity contribution in [2.45, 2.75) is 31.4 Å². The first-order valence-corrected chi connectivity index (χ1v) is 12.9. The molecule has 3 aromatic rings. The molecule has 0 radical (unpaired) electrons. The fourth-order valence-corrected chi connectivity index (χ4v) is 4.78. The van der Waals surface area contributed by atoms with Gasteiger partial charge in [-0.1, -0.05) is 36.4 Å². The normalized spacial score (nSPS) is 18.9. The number of carbonyl (C=O) groups is 1. The van der Waals surface area contributed by atoms with Gasteiger partial charge in [0.2, 0.25) is 0 Å². The van der Waals surface area contributed by atoms with Gasteiger partial charge < -0.3 is 9.64 Å². The highest BCUT2D eigenvalue weighted by molar-refractivity contribution is 7.84. The molecule has 2 N–H and O–H groups in total. The summed E-state index contributed by atoms with van der Waals surface area (Å²) in [4.78, 5) is 14.7. The maximum absolute atomic E-state index is 14.1. The highest BCUT2D eigenvalue weighted by Crippen LogP contribution is 2.40. The van der Waals surface area contributed by atoms with Gasteiger partial charge in [0.05, 0.1) is 12.6 Å². The molecule has 196 valence electrons. The van der Waals surface area contributed by atoms with Crippen LogP contribution in [0.25, 0.3) is 11.1 Å². The van der Waals surface area contributed by atoms with Crippen molar-refractivity contribution < 1.29 is 35.3 Å². The minimum absolute atomic E-state index is 0.0129. The van der Waals surface area contributed by atoms with Crippen molar-refractivity contribution in [2.24, 2.45) is 5.14 Å². The highest BCUT2D eigenvalue weighted by atomic mass is 32.2. The summed E-state index contributed by atoms with van der Waals surface area (Å²) in [6, 6.07) is 15.2. The number of rotatable bonds is 8. The predicted molar refractivity (Wildman–Crippen MR) is 130 cm³/mol. The van der Waals surface area contributed by atoms with Crippen LogP contribution in [0.15, 0.2) is 66.7 Å². The van der Waals surface area contributed by atoms with Gasteiger partial charge in [0.15, 0.2) is 0 Å². The van der Waals surface area contributed by atoms with Crippen LogP contribution in [-0.4, -0.2) is 32.6 Å². The fourth-order valence-electron chi connectivity index (χ4n) is 4.47. The molecule has 0 aliphatic carbocycles. The molecule has 7 nitrogen and oxygen atoms in total. The maximum atomic E-state index is 14.1. The summed E-state index contributed by atoms with van der Waals surface area (Å²) in [5.41, 5.74) is 0.826. The van der Waals surface area contributed by atoms with Crippen LogP contribution in [-0.2, 0) is 24.8 Å². The van der Waals surface area contributed by atoms with E-state index < -0.39 is 45.5 Å². The van der Waals surface area contributed by atoms with Crippen LogP contribution in [0.1, 0.15) is 36.9 Å². The summed E-state index contributed by atoms with van der Waals surface area (Å²) >= 11 is 0. The first-order valence-electron chi connectivity index (χ1n) is 11.5. The number of ether oxygens (including phenoxy) is 1. The van der Waals surface area contributed by atoms with E-state index in [0.717, 1.165) is 11.6 Å². The lowest BCUT2D eigenvalue weighted by molar-refractivity contribution is -0.0702. The Bertz CT molecular complexity index is 1380. The zero-order valence-corrected chi connectivity index (χ0v) is 20.7. The summed E-state index contributed by atoms with van der Waals surface area (Å²) in [6.07, 6.45) is -0.380. The van der Waals surface area contributed by atoms with Crippen LogP contribution in [0.4, 0.5) is 18.0 Å². The van der Waals surface area contributed by atoms with Crippen LogP contribution in [0.3, 0.4) is 0 Å². The van der Waals surface area contributed by atoms with Crippen LogP contribution < -0.4 is 5.14 Å². The lowest BCUT2D eigenvalue weighted by Gasteiger charge is -2.43. The standard InChI is InChI=1S/C26H25F3N2O5S/c1-17(18-2-4-19(5-3-18)23-11-10-22(28)16-24(23)29)31-14-12-26(36-25(31)32,13-15-35-37(30,33)34)20-6-8-21(27)9-7-20/h2-11,16-17H,12-15H2,1H3,(H2,30,33,34)/t17-,26?/m0/s1. The Morgan fingerprint density at radius 2 is 1.68 bits per heavy atom. The number of cyclic esters (lactones) is 1. The third-order valence-electron chi connectivity index (χ3n) is 6.50. The summed E-state index contributed by atoms with van der Waals surface area (Å²) in [6.45, 7) is 1.73. The van der Waals surface area contributed by atoms with E-state index >= 15 is 0 Å². The Labute approximate surface area is 212 Å². The van der Waals surface area contributed by atoms with Gasteiger partial charge in [0.1, 0.15) is 23.1 Å². The quantitative estimate of drug-likeness (QED) is 0.429. The van der Waals surface area contributed by atoms with E-state index in [-0.39, 0.29) is 31.6 Å². The molecule has 0 aromatic heterocycles. The fraction of sp³-hybridized carbons (Fsp3) is 0.269. The Morgan fingerprint density at radius 1 is 1.03 bits per heavy atom. The molecule has 1 amide bonds. The number of benzene rings is 3. The Hall–Kier alpha value is -3.41. The molecule has 1 aliphatic heterocycles. The molecule has 1 heterocycles. The van der Waals surface area contributed by atoms with Crippen molar-refractivity contribution >= 4 is 16.4 Å². The van der Waals surface area contributed by atoms with E-state index in [1.165, 1.54) is 41.3 Å². The van der Waals surface area contributed by atoms with Gasteiger partial charge in [-0.15, -0.1) is 0 Å². The van der Waals surface area contributed by atoms with Gasteiger partial charge in [-0.3, -0.25) is 4.18 Å². The molecule has 1 fully saturated rings. The van der Waals surface area contributed by atoms with Crippen molar-refractivity contribution in [1.82, 2.24) is 4.90 Å². The number of halogens is 3. The van der Waals surface area contributed by atoms with Crippen molar-refractivity contribution in [3.8, 4) is 11.1 Å². The largest absolute Gasteiger partial charge is 0.438 e. The molecular weight excluding hydrogens is 509 g/mol. The van der Waals surface area contributed by atoms with E-state index in [0.29, 0.717) is 11.1 Å². The molecule has 2 atom stereocenters. The second-order valence-corrected chi connectivity index (χ2v) is 10.0. The molecule has 3 aromatic carbocycles. The summed E-state index contributed by atoms with van der Waals surface area (Å²) in [5.74, 6) is -1.81. The minimum atomic E-state index is -4.20. The SMILES string of the molecule is C[C@@H](c1ccc(-c2ccc(F)cc2F)cc1)N1CCC(CCOS(N)(=O)=O)(c2ccc(F)cc2)OC1=O. The van der Waals surface area contributed by atoms with E-state index in [4.69, 9.17) is 9.88 Å². The minimum Gasteiger partial charge on any atom is -0.438 e. The van der Waals surface area contributed by atoms with Crippen LogP contribution in [0, 0.1) is 17.5 Å². The second kappa shape index (κ2) is 10.5. The average Bonchev–Trinajstić information content (AvgIpc) is 2.83. The summed E-state index contributed by atoms with van der Waals surface area (Å²) in [7, 11) is -4.20. The third kappa shape index (κ3) is 6.12. The lowest BCUT2D eigenvalue weighted by Crippen LogP contribution is -2.49. The average molecular weight is 535 g/mol. The van der Waals surface area contributed by atoms with Gasteiger partial charge in [0, 0.05) is 31.0 Å². The number of nitrogens with two attached hydrogens (primary N) is 1. The van der Waals surface area contributed by atoms with Crippen LogP contribution in [0.5, 0.6) is 0 Å². The number of amides is 1. The molecule has 1 aliphatic rings. The second-order valence-electron chi connectivity index (χ2n) is 8.80. The predicted octanol–water partition coefficient (Wildman–Crippen LogP) is 5.18. The Balaban J connectivity index is 1.52. The molecule has 1 saturated heterocycles. The van der Waals surface area contributed by atoms with Crippen molar-refractivity contribution in [2.75, 3.05) is 13.2 Å². The highest BCUT2D eigenvalue weighted by Gasteiger charge is 2.43. The van der Waals surface area contributed by atoms with E-state index in [1.54, 1.807) is 24.3 Å². The molecule has 0 spiro atoms. The summed E-state index contributed by atoms with van der Waals surface area (Å²) in [5, 5.41) is 4.92. The number of carbonyl (C=O) groups excluding carboxylic acids is 1. The molecule has 0 bridgehead atoms. The Morgan fingerprint density at radius 3 is 2.27 bits per heavy atom. The van der Waals surface area contributed by atoms with Gasteiger partial charge in [0.25, 0.3) is 0 Å². The molecular formula is C26H25F3N2O5S. The Kier molecular flexibility index (Phi) is 7.58. The zero-order chi connectivity index (χ0) is 26.8. The van der Waals surface area contributed by atoms with E-state index in [2.05, 4.69) is 4.18 Å². The molecule has 11 heteroatoms. The monoisotopic (exact) mass is 534 g/mol. The summed E-state index contributed by atoms with van der Waals surface area (Å²) < 4.78 is 73.9. The van der Waals surface area contributed by atoms with E-state index in [1.807, 2.05) is 6.92 Å². The number of nitrogens with zero attached hydrogens (tertiary/aromatic N) is 1. The number of hydrogen-bond acceptors (Lipinski definition) is 5. The lowest BCUT2D eigenvalue weighted by atomic mass is 9.85. The van der Waals surface area contributed by atoms with Gasteiger partial charge in [-0.05, 0) is 47.9 Å². The van der Waals surface area contributed by atoms with Gasteiger partial charge >= 0.3 is 16.4 Å². The van der Waals surface area contributed by atoms with Crippen molar-refractivity contribution in [3.05, 3.63) is 95.3 Å². The maximum Gasteiger partial charge on any atom is 0.411 e. The van der Waals surface area contributed by atoms with Crippen molar-refractivity contribution in [3.63, 3.8) is 0 Å². The van der Waals surface area contributed by atoms with Crippen LogP contribution in [0.2, 0.25) is 0 Å². The van der Waals surface area contributed by atoms with Crippen LogP contribution >= 0.6 is 0 Å². The molecule has 1 unspecified atom stereocenters. The molecule has 37 heavy (non-hydrogen) atoms. The van der Waals surface area contributed by atoms with Gasteiger partial charge in [-0.25, -0.2) is 23.1 Å². The molecule has 4 rings (SSSR count). The number of hydrogen-bond donors (Lipinski definition) is 1. The third-order valence-corrected chi connectivity index (χ3v) is 7.00. The topological polar surface area (TPSA) is 98.9 Å². The first kappa shape index (κ1) is 26.6. The smallest absolute Gasteiger partial charge is 0.411 e.